The first kappa shape index (κ1) is 7.65. The number of hydrogen-bond donors (Lipinski definition) is 0. The summed E-state index contributed by atoms with van der Waals surface area (Å²) >= 11 is 0. The average Bonchev–Trinajstić information content (AvgIpc) is 1.94. The van der Waals surface area contributed by atoms with Gasteiger partial charge < -0.3 is 5.11 Å². The fraction of sp³-hybridized carbons (Fsp3) is 0. The highest BCUT2D eigenvalue weighted by atomic mass is 19.2. The Morgan fingerprint density at radius 2 is 2.09 bits per heavy atom. The average molecular weight is 156 g/mol. The molecule has 0 aliphatic rings. The van der Waals surface area contributed by atoms with Crippen LogP contribution in [0.15, 0.2) is 18.7 Å². The van der Waals surface area contributed by atoms with Crippen LogP contribution in [0, 0.1) is 11.8 Å². The summed E-state index contributed by atoms with van der Waals surface area (Å²) < 4.78 is 24.5. The van der Waals surface area contributed by atoms with Gasteiger partial charge in [0, 0.05) is 0 Å². The van der Waals surface area contributed by atoms with E-state index in [1.807, 2.05) is 0 Å². The SMILES string of the molecule is C=C([O-])c1ccc(F)c(F)n1. The predicted octanol–water partition coefficient (Wildman–Crippen LogP) is 0.691. The lowest BCUT2D eigenvalue weighted by Crippen LogP contribution is -2.04. The third-order valence-corrected chi connectivity index (χ3v) is 1.09. The van der Waals surface area contributed by atoms with Gasteiger partial charge in [-0.2, -0.15) is 4.39 Å². The first-order chi connectivity index (χ1) is 5.11. The molecule has 4 heteroatoms. The molecule has 0 atom stereocenters. The van der Waals surface area contributed by atoms with Gasteiger partial charge in [-0.05, 0) is 12.1 Å². The van der Waals surface area contributed by atoms with Crippen molar-refractivity contribution in [3.8, 4) is 0 Å². The smallest absolute Gasteiger partial charge is 0.249 e. The van der Waals surface area contributed by atoms with E-state index in [9.17, 15) is 13.9 Å². The summed E-state index contributed by atoms with van der Waals surface area (Å²) in [5, 5.41) is 10.4. The summed E-state index contributed by atoms with van der Waals surface area (Å²) in [6.07, 6.45) is 0. The van der Waals surface area contributed by atoms with Gasteiger partial charge in [-0.1, -0.05) is 5.76 Å². The van der Waals surface area contributed by atoms with Crippen LogP contribution in [0.5, 0.6) is 0 Å². The molecule has 1 aromatic rings. The van der Waals surface area contributed by atoms with Crippen molar-refractivity contribution in [3.05, 3.63) is 36.2 Å². The minimum absolute atomic E-state index is 0.177. The molecule has 0 saturated carbocycles. The second-order valence-corrected chi connectivity index (χ2v) is 1.89. The van der Waals surface area contributed by atoms with E-state index in [0.29, 0.717) is 0 Å². The Labute approximate surface area is 61.8 Å². The van der Waals surface area contributed by atoms with E-state index in [2.05, 4.69) is 11.6 Å². The van der Waals surface area contributed by atoms with Crippen molar-refractivity contribution >= 4 is 5.76 Å². The zero-order chi connectivity index (χ0) is 8.43. The zero-order valence-corrected chi connectivity index (χ0v) is 5.47. The predicted molar refractivity (Wildman–Crippen MR) is 33.2 cm³/mol. The van der Waals surface area contributed by atoms with Gasteiger partial charge in [0.05, 0.1) is 5.69 Å². The van der Waals surface area contributed by atoms with E-state index in [1.165, 1.54) is 0 Å². The van der Waals surface area contributed by atoms with Gasteiger partial charge in [-0.3, -0.25) is 0 Å². The van der Waals surface area contributed by atoms with Gasteiger partial charge in [0.15, 0.2) is 5.82 Å². The van der Waals surface area contributed by atoms with Gasteiger partial charge >= 0.3 is 0 Å². The first-order valence-corrected chi connectivity index (χ1v) is 2.79. The molecule has 11 heavy (non-hydrogen) atoms. The maximum Gasteiger partial charge on any atom is 0.249 e. The minimum Gasteiger partial charge on any atom is -0.871 e. The molecule has 0 fully saturated rings. The van der Waals surface area contributed by atoms with Crippen LogP contribution >= 0.6 is 0 Å². The Hall–Kier alpha value is -1.45. The van der Waals surface area contributed by atoms with E-state index in [1.54, 1.807) is 0 Å². The molecule has 0 bridgehead atoms. The first-order valence-electron chi connectivity index (χ1n) is 2.79. The van der Waals surface area contributed by atoms with Crippen molar-refractivity contribution in [3.63, 3.8) is 0 Å². The molecule has 0 radical (unpaired) electrons. The molecule has 0 amide bonds. The topological polar surface area (TPSA) is 36.0 Å². The van der Waals surface area contributed by atoms with Crippen molar-refractivity contribution in [2.24, 2.45) is 0 Å². The number of aromatic nitrogens is 1. The van der Waals surface area contributed by atoms with Gasteiger partial charge in [0.2, 0.25) is 5.95 Å². The number of pyridine rings is 1. The zero-order valence-electron chi connectivity index (χ0n) is 5.47. The van der Waals surface area contributed by atoms with Gasteiger partial charge in [-0.25, -0.2) is 9.37 Å². The Kier molecular flexibility index (Phi) is 1.85. The van der Waals surface area contributed by atoms with Gasteiger partial charge in [-0.15, -0.1) is 6.58 Å². The second kappa shape index (κ2) is 2.65. The number of halogens is 2. The molecule has 1 rings (SSSR count). The lowest BCUT2D eigenvalue weighted by atomic mass is 10.3. The fourth-order valence-electron chi connectivity index (χ4n) is 0.573. The number of nitrogens with zero attached hydrogens (tertiary/aromatic N) is 1. The third kappa shape index (κ3) is 1.52. The molecule has 0 aliphatic carbocycles. The minimum atomic E-state index is -1.28. The molecule has 0 spiro atoms. The second-order valence-electron chi connectivity index (χ2n) is 1.89. The maximum absolute atomic E-state index is 12.3. The molecular weight excluding hydrogens is 152 g/mol. The van der Waals surface area contributed by atoms with E-state index >= 15 is 0 Å². The third-order valence-electron chi connectivity index (χ3n) is 1.09. The highest BCUT2D eigenvalue weighted by molar-refractivity contribution is 5.49. The molecule has 0 aliphatic heterocycles. The standard InChI is InChI=1S/C7H5F2NO/c1-4(11)6-3-2-5(8)7(9)10-6/h2-3,11H,1H2/p-1. The monoisotopic (exact) mass is 156 g/mol. The Morgan fingerprint density at radius 3 is 2.55 bits per heavy atom. The number of hydrogen-bond acceptors (Lipinski definition) is 2. The van der Waals surface area contributed by atoms with Gasteiger partial charge in [0.25, 0.3) is 0 Å². The van der Waals surface area contributed by atoms with Crippen LogP contribution in [0.1, 0.15) is 5.69 Å². The highest BCUT2D eigenvalue weighted by Gasteiger charge is 2.01. The molecule has 1 heterocycles. The van der Waals surface area contributed by atoms with Crippen LogP contribution in [-0.2, 0) is 0 Å². The van der Waals surface area contributed by atoms with E-state index < -0.39 is 17.5 Å². The molecule has 0 saturated heterocycles. The summed E-state index contributed by atoms with van der Waals surface area (Å²) in [7, 11) is 0. The van der Waals surface area contributed by atoms with E-state index in [0.717, 1.165) is 12.1 Å². The summed E-state index contributed by atoms with van der Waals surface area (Å²) in [6, 6.07) is 1.91. The Bertz CT molecular complexity index is 298. The van der Waals surface area contributed by atoms with Crippen molar-refractivity contribution < 1.29 is 13.9 Å². The Balaban J connectivity index is 3.15. The van der Waals surface area contributed by atoms with Crippen LogP contribution in [-0.4, -0.2) is 4.98 Å². The van der Waals surface area contributed by atoms with Crippen LogP contribution in [0.4, 0.5) is 8.78 Å². The van der Waals surface area contributed by atoms with Crippen molar-refractivity contribution in [2.45, 2.75) is 0 Å². The largest absolute Gasteiger partial charge is 0.871 e. The van der Waals surface area contributed by atoms with Crippen LogP contribution < -0.4 is 5.11 Å². The van der Waals surface area contributed by atoms with Gasteiger partial charge in [0.1, 0.15) is 0 Å². The van der Waals surface area contributed by atoms with Crippen LogP contribution in [0.3, 0.4) is 0 Å². The quantitative estimate of drug-likeness (QED) is 0.443. The van der Waals surface area contributed by atoms with E-state index in [4.69, 9.17) is 0 Å². The lowest BCUT2D eigenvalue weighted by Gasteiger charge is -2.07. The molecule has 0 unspecified atom stereocenters. The molecule has 0 aromatic carbocycles. The van der Waals surface area contributed by atoms with E-state index in [-0.39, 0.29) is 5.69 Å². The fourth-order valence-corrected chi connectivity index (χ4v) is 0.573. The summed E-state index contributed by atoms with van der Waals surface area (Å²) in [5.74, 6) is -2.99. The Morgan fingerprint density at radius 1 is 1.45 bits per heavy atom. The van der Waals surface area contributed by atoms with Crippen LogP contribution in [0.25, 0.3) is 5.76 Å². The van der Waals surface area contributed by atoms with Crippen molar-refractivity contribution in [1.82, 2.24) is 4.98 Å². The molecule has 58 valence electrons. The highest BCUT2D eigenvalue weighted by Crippen LogP contribution is 2.06. The molecular formula is C7H4F2NO-. The maximum atomic E-state index is 12.3. The normalized spacial score (nSPS) is 9.64. The van der Waals surface area contributed by atoms with Crippen molar-refractivity contribution in [1.29, 1.82) is 0 Å². The number of rotatable bonds is 1. The van der Waals surface area contributed by atoms with Crippen molar-refractivity contribution in [2.75, 3.05) is 0 Å². The summed E-state index contributed by atoms with van der Waals surface area (Å²) in [4.78, 5) is 3.02. The van der Waals surface area contributed by atoms with Crippen LogP contribution in [0.2, 0.25) is 0 Å². The molecule has 1 aromatic heterocycles. The molecule has 2 nitrogen and oxygen atoms in total. The summed E-state index contributed by atoms with van der Waals surface area (Å²) in [6.45, 7) is 2.99. The summed E-state index contributed by atoms with van der Waals surface area (Å²) in [5.41, 5.74) is -0.177. The molecule has 0 N–H and O–H groups in total. The lowest BCUT2D eigenvalue weighted by molar-refractivity contribution is -0.243.